The van der Waals surface area contributed by atoms with Crippen molar-refractivity contribution in [2.24, 2.45) is 0 Å². The normalized spacial score (nSPS) is 13.5. The van der Waals surface area contributed by atoms with Gasteiger partial charge in [0.15, 0.2) is 10.8 Å². The summed E-state index contributed by atoms with van der Waals surface area (Å²) in [7, 11) is 1.32. The number of nitrogens with one attached hydrogen (secondary N) is 2. The smallest absolute Gasteiger partial charge is 0.436 e. The average molecular weight is 557 g/mol. The first-order valence-corrected chi connectivity index (χ1v) is 12.9. The Morgan fingerprint density at radius 2 is 2.03 bits per heavy atom. The summed E-state index contributed by atoms with van der Waals surface area (Å²) in [6.07, 6.45) is -1.83. The van der Waals surface area contributed by atoms with E-state index in [-0.39, 0.29) is 17.5 Å². The van der Waals surface area contributed by atoms with E-state index in [0.717, 1.165) is 23.3 Å². The van der Waals surface area contributed by atoms with Gasteiger partial charge in [-0.15, -0.1) is 11.3 Å². The van der Waals surface area contributed by atoms with Crippen LogP contribution in [0.2, 0.25) is 5.02 Å². The lowest BCUT2D eigenvalue weighted by molar-refractivity contribution is -0.141. The van der Waals surface area contributed by atoms with Crippen molar-refractivity contribution in [1.82, 2.24) is 15.1 Å². The summed E-state index contributed by atoms with van der Waals surface area (Å²) in [6, 6.07) is 11.7. The number of alkyl halides is 3. The number of anilines is 1. The van der Waals surface area contributed by atoms with Crippen LogP contribution >= 0.6 is 35.2 Å². The standard InChI is InChI=1S/C24H24ClF3N4O2S2/c1-34-22(33)17-13-16(12-14-6-3-2-4-7-14)36-21(17)30-23(35)29-10-5-11-32-19(15-8-9-15)18(25)20(31-32)24(26,27)28/h2-4,6-7,13,15H,5,8-12H2,1H3,(H2,29,30,35). The van der Waals surface area contributed by atoms with E-state index >= 15 is 0 Å². The molecule has 2 heterocycles. The Kier molecular flexibility index (Phi) is 8.21. The largest absolute Gasteiger partial charge is 0.465 e. The van der Waals surface area contributed by atoms with Crippen LogP contribution in [0, 0.1) is 0 Å². The van der Waals surface area contributed by atoms with Gasteiger partial charge < -0.3 is 15.4 Å². The van der Waals surface area contributed by atoms with Gasteiger partial charge in [0.05, 0.1) is 23.4 Å². The number of carbonyl (C=O) groups is 1. The average Bonchev–Trinajstić information content (AvgIpc) is 3.50. The molecule has 4 rings (SSSR count). The van der Waals surface area contributed by atoms with E-state index in [4.69, 9.17) is 28.6 Å². The van der Waals surface area contributed by atoms with Gasteiger partial charge >= 0.3 is 12.1 Å². The summed E-state index contributed by atoms with van der Waals surface area (Å²) in [5, 5.41) is 10.4. The molecule has 6 nitrogen and oxygen atoms in total. The minimum absolute atomic E-state index is 0.0254. The van der Waals surface area contributed by atoms with Gasteiger partial charge in [-0.2, -0.15) is 18.3 Å². The number of thiocarbonyl (C=S) groups is 1. The molecule has 3 aromatic rings. The molecular weight excluding hydrogens is 533 g/mol. The fourth-order valence-corrected chi connectivity index (χ4v) is 5.56. The molecule has 2 aromatic heterocycles. The number of esters is 1. The minimum atomic E-state index is -4.59. The van der Waals surface area contributed by atoms with Crippen LogP contribution in [-0.4, -0.2) is 34.5 Å². The molecule has 12 heteroatoms. The van der Waals surface area contributed by atoms with E-state index in [2.05, 4.69) is 15.7 Å². The summed E-state index contributed by atoms with van der Waals surface area (Å²) in [6.45, 7) is 0.662. The number of halogens is 4. The number of hydrogen-bond acceptors (Lipinski definition) is 5. The van der Waals surface area contributed by atoms with Crippen LogP contribution in [0.4, 0.5) is 18.2 Å². The maximum atomic E-state index is 13.2. The van der Waals surface area contributed by atoms with Crippen molar-refractivity contribution in [3.05, 3.63) is 68.8 Å². The first kappa shape index (κ1) is 26.4. The van der Waals surface area contributed by atoms with E-state index < -0.39 is 17.8 Å². The molecule has 1 saturated carbocycles. The Morgan fingerprint density at radius 1 is 1.31 bits per heavy atom. The summed E-state index contributed by atoms with van der Waals surface area (Å²) >= 11 is 12.8. The van der Waals surface area contributed by atoms with Crippen molar-refractivity contribution in [2.45, 2.75) is 44.3 Å². The zero-order chi connectivity index (χ0) is 25.9. The Balaban J connectivity index is 1.35. The Hall–Kier alpha value is -2.63. The highest BCUT2D eigenvalue weighted by molar-refractivity contribution is 7.80. The fourth-order valence-electron chi connectivity index (χ4n) is 3.81. The summed E-state index contributed by atoms with van der Waals surface area (Å²) in [4.78, 5) is 13.2. The summed E-state index contributed by atoms with van der Waals surface area (Å²) in [5.41, 5.74) is 0.922. The molecule has 0 saturated heterocycles. The van der Waals surface area contributed by atoms with Gasteiger partial charge in [0.2, 0.25) is 0 Å². The van der Waals surface area contributed by atoms with Crippen LogP contribution in [0.1, 0.15) is 57.4 Å². The van der Waals surface area contributed by atoms with E-state index in [1.807, 2.05) is 30.3 Å². The zero-order valence-corrected chi connectivity index (χ0v) is 21.7. The lowest BCUT2D eigenvalue weighted by Crippen LogP contribution is -2.30. The Bertz CT molecular complexity index is 1240. The minimum Gasteiger partial charge on any atom is -0.465 e. The van der Waals surface area contributed by atoms with E-state index in [1.54, 1.807) is 6.07 Å². The highest BCUT2D eigenvalue weighted by Gasteiger charge is 2.41. The number of rotatable bonds is 9. The number of aryl methyl sites for hydroxylation is 1. The maximum Gasteiger partial charge on any atom is 0.436 e. The number of carbonyl (C=O) groups excluding carboxylic acids is 1. The topological polar surface area (TPSA) is 68.2 Å². The molecule has 0 unspecified atom stereocenters. The second kappa shape index (κ2) is 11.2. The highest BCUT2D eigenvalue weighted by atomic mass is 35.5. The van der Waals surface area contributed by atoms with Crippen LogP contribution in [-0.2, 0) is 23.9 Å². The molecule has 0 atom stereocenters. The zero-order valence-electron chi connectivity index (χ0n) is 19.3. The number of ether oxygens (including phenoxy) is 1. The van der Waals surface area contributed by atoms with Crippen molar-refractivity contribution in [1.29, 1.82) is 0 Å². The quantitative estimate of drug-likeness (QED) is 0.184. The van der Waals surface area contributed by atoms with Crippen molar-refractivity contribution in [3.63, 3.8) is 0 Å². The molecule has 1 fully saturated rings. The SMILES string of the molecule is COC(=O)c1cc(Cc2ccccc2)sc1NC(=S)NCCCn1nc(C(F)(F)F)c(Cl)c1C1CC1. The predicted molar refractivity (Wildman–Crippen MR) is 138 cm³/mol. The molecule has 0 aliphatic heterocycles. The molecule has 1 aliphatic carbocycles. The molecule has 1 aromatic carbocycles. The molecule has 0 amide bonds. The molecular formula is C24H24ClF3N4O2S2. The monoisotopic (exact) mass is 556 g/mol. The van der Waals surface area contributed by atoms with Gasteiger partial charge in [0.1, 0.15) is 5.00 Å². The van der Waals surface area contributed by atoms with Crippen LogP contribution in [0.5, 0.6) is 0 Å². The lowest BCUT2D eigenvalue weighted by Gasteiger charge is -2.11. The number of benzene rings is 1. The van der Waals surface area contributed by atoms with Crippen molar-refractivity contribution >= 4 is 51.2 Å². The third-order valence-corrected chi connectivity index (χ3v) is 7.30. The lowest BCUT2D eigenvalue weighted by atomic mass is 10.1. The van der Waals surface area contributed by atoms with Crippen LogP contribution in [0.3, 0.4) is 0 Å². The first-order chi connectivity index (χ1) is 17.2. The summed E-state index contributed by atoms with van der Waals surface area (Å²) in [5.74, 6) is -0.447. The van der Waals surface area contributed by atoms with Crippen LogP contribution in [0.25, 0.3) is 0 Å². The fraction of sp³-hybridized carbons (Fsp3) is 0.375. The molecule has 0 spiro atoms. The first-order valence-electron chi connectivity index (χ1n) is 11.3. The molecule has 2 N–H and O–H groups in total. The van der Waals surface area contributed by atoms with E-state index in [1.165, 1.54) is 23.1 Å². The van der Waals surface area contributed by atoms with Gasteiger partial charge in [0, 0.05) is 30.3 Å². The number of thiophene rings is 1. The maximum absolute atomic E-state index is 13.2. The highest BCUT2D eigenvalue weighted by Crippen LogP contribution is 2.46. The van der Waals surface area contributed by atoms with Gasteiger partial charge in [-0.3, -0.25) is 4.68 Å². The van der Waals surface area contributed by atoms with E-state index in [0.29, 0.717) is 40.8 Å². The van der Waals surface area contributed by atoms with Gasteiger partial charge in [-0.1, -0.05) is 41.9 Å². The molecule has 192 valence electrons. The number of methoxy groups -OCH3 is 1. The Morgan fingerprint density at radius 3 is 2.67 bits per heavy atom. The third kappa shape index (κ3) is 6.37. The number of aromatic nitrogens is 2. The van der Waals surface area contributed by atoms with Gasteiger partial charge in [0.25, 0.3) is 0 Å². The number of nitrogens with zero attached hydrogens (tertiary/aromatic N) is 2. The van der Waals surface area contributed by atoms with Crippen molar-refractivity contribution < 1.29 is 22.7 Å². The third-order valence-electron chi connectivity index (χ3n) is 5.63. The Labute approximate surface area is 220 Å². The second-order valence-electron chi connectivity index (χ2n) is 8.39. The summed E-state index contributed by atoms with van der Waals surface area (Å²) < 4.78 is 46.0. The second-order valence-corrected chi connectivity index (χ2v) is 10.3. The van der Waals surface area contributed by atoms with E-state index in [9.17, 15) is 18.0 Å². The van der Waals surface area contributed by atoms with Crippen LogP contribution < -0.4 is 10.6 Å². The van der Waals surface area contributed by atoms with Crippen LogP contribution in [0.15, 0.2) is 36.4 Å². The molecule has 1 aliphatic rings. The molecule has 0 radical (unpaired) electrons. The number of hydrogen-bond donors (Lipinski definition) is 2. The predicted octanol–water partition coefficient (Wildman–Crippen LogP) is 6.25. The van der Waals surface area contributed by atoms with Crippen molar-refractivity contribution in [3.8, 4) is 0 Å². The van der Waals surface area contributed by atoms with Crippen molar-refractivity contribution in [2.75, 3.05) is 19.0 Å². The van der Waals surface area contributed by atoms with Gasteiger partial charge in [-0.05, 0) is 43.1 Å². The molecule has 36 heavy (non-hydrogen) atoms. The van der Waals surface area contributed by atoms with Gasteiger partial charge in [-0.25, -0.2) is 4.79 Å². The molecule has 0 bridgehead atoms.